The molecule has 0 spiro atoms. The smallest absolute Gasteiger partial charge is 0.246 e. The standard InChI is InChI=1S/C30H31N5O3/c1-31-30-27-28(22-12-14-24(15-13-22)38-23-9-4-3-5-10-23)34-25(29(27)32-20-33-30)18-21-8-6-16-35(19-21)26(36)11-7-17-37-2/h3-5,7,9-15,20-21,25H,1,6,8,16-19H2,2H3/b11-7+. The molecule has 8 heteroatoms. The van der Waals surface area contributed by atoms with Crippen LogP contribution in [-0.4, -0.2) is 60.0 Å². The van der Waals surface area contributed by atoms with Crippen molar-refractivity contribution in [2.24, 2.45) is 15.9 Å². The van der Waals surface area contributed by atoms with E-state index in [1.807, 2.05) is 59.5 Å². The SMILES string of the molecule is C=Nc1ncnc2c1C(c1ccc(Oc3ccccc3)cc1)=NC2CC1CCCN(C(=O)/C=C/COC)C1. The molecule has 1 fully saturated rings. The lowest BCUT2D eigenvalue weighted by molar-refractivity contribution is -0.127. The lowest BCUT2D eigenvalue weighted by atomic mass is 9.90. The Kier molecular flexibility index (Phi) is 7.99. The lowest BCUT2D eigenvalue weighted by Gasteiger charge is -2.33. The van der Waals surface area contributed by atoms with Gasteiger partial charge >= 0.3 is 0 Å². The topological polar surface area (TPSA) is 89.3 Å². The normalized spacial score (nSPS) is 18.8. The molecular formula is C30H31N5O3. The van der Waals surface area contributed by atoms with Crippen LogP contribution in [0.2, 0.25) is 0 Å². The van der Waals surface area contributed by atoms with Crippen LogP contribution in [0, 0.1) is 5.92 Å². The first-order valence-electron chi connectivity index (χ1n) is 12.8. The average molecular weight is 510 g/mol. The maximum Gasteiger partial charge on any atom is 0.246 e. The van der Waals surface area contributed by atoms with E-state index >= 15 is 0 Å². The molecule has 0 N–H and O–H groups in total. The van der Waals surface area contributed by atoms with Gasteiger partial charge in [0.15, 0.2) is 5.82 Å². The number of benzene rings is 2. The fourth-order valence-electron chi connectivity index (χ4n) is 5.08. The summed E-state index contributed by atoms with van der Waals surface area (Å²) in [5, 5.41) is 0. The van der Waals surface area contributed by atoms with Crippen molar-refractivity contribution in [3.63, 3.8) is 0 Å². The highest BCUT2D eigenvalue weighted by atomic mass is 16.5. The number of ether oxygens (including phenoxy) is 2. The Morgan fingerprint density at radius 3 is 2.68 bits per heavy atom. The number of hydrogen-bond acceptors (Lipinski definition) is 7. The van der Waals surface area contributed by atoms with Crippen LogP contribution in [0.3, 0.4) is 0 Å². The maximum absolute atomic E-state index is 12.6. The largest absolute Gasteiger partial charge is 0.457 e. The third kappa shape index (κ3) is 5.70. The predicted octanol–water partition coefficient (Wildman–Crippen LogP) is 5.32. The molecule has 38 heavy (non-hydrogen) atoms. The Balaban J connectivity index is 1.36. The number of amides is 1. The number of aliphatic imine (C=N–C) groups is 2. The van der Waals surface area contributed by atoms with E-state index < -0.39 is 0 Å². The van der Waals surface area contributed by atoms with Crippen LogP contribution >= 0.6 is 0 Å². The molecule has 8 nitrogen and oxygen atoms in total. The fourth-order valence-corrected chi connectivity index (χ4v) is 5.08. The zero-order valence-corrected chi connectivity index (χ0v) is 21.5. The van der Waals surface area contributed by atoms with E-state index in [0.29, 0.717) is 24.9 Å². The Morgan fingerprint density at radius 2 is 1.92 bits per heavy atom. The van der Waals surface area contributed by atoms with Gasteiger partial charge in [-0.25, -0.2) is 15.0 Å². The average Bonchev–Trinajstić information content (AvgIpc) is 3.32. The van der Waals surface area contributed by atoms with Crippen LogP contribution in [0.25, 0.3) is 0 Å². The lowest BCUT2D eigenvalue weighted by Crippen LogP contribution is -2.39. The summed E-state index contributed by atoms with van der Waals surface area (Å²) in [6.07, 6.45) is 7.70. The van der Waals surface area contributed by atoms with Crippen molar-refractivity contribution in [3.8, 4) is 11.5 Å². The Morgan fingerprint density at radius 1 is 1.13 bits per heavy atom. The van der Waals surface area contributed by atoms with E-state index in [0.717, 1.165) is 59.8 Å². The molecule has 2 aliphatic rings. The molecule has 1 saturated heterocycles. The van der Waals surface area contributed by atoms with Crippen LogP contribution < -0.4 is 4.74 Å². The van der Waals surface area contributed by atoms with Gasteiger partial charge in [-0.1, -0.05) is 24.3 Å². The third-order valence-corrected chi connectivity index (χ3v) is 6.86. The number of piperidine rings is 1. The van der Waals surface area contributed by atoms with Gasteiger partial charge in [0.2, 0.25) is 5.91 Å². The molecule has 2 atom stereocenters. The quantitative estimate of drug-likeness (QED) is 0.288. The molecule has 0 aliphatic carbocycles. The van der Waals surface area contributed by atoms with Gasteiger partial charge in [-0.2, -0.15) is 0 Å². The van der Waals surface area contributed by atoms with E-state index in [1.54, 1.807) is 19.3 Å². The molecule has 0 bridgehead atoms. The second-order valence-electron chi connectivity index (χ2n) is 9.43. The summed E-state index contributed by atoms with van der Waals surface area (Å²) in [5.41, 5.74) is 3.45. The van der Waals surface area contributed by atoms with Crippen LogP contribution in [-0.2, 0) is 9.53 Å². The molecule has 3 aromatic rings. The fraction of sp³-hybridized carbons (Fsp3) is 0.300. The highest BCUT2D eigenvalue weighted by Crippen LogP contribution is 2.40. The van der Waals surface area contributed by atoms with Gasteiger partial charge in [-0.15, -0.1) is 0 Å². The number of carbonyl (C=O) groups is 1. The summed E-state index contributed by atoms with van der Waals surface area (Å²) >= 11 is 0. The van der Waals surface area contributed by atoms with Gasteiger partial charge in [-0.3, -0.25) is 9.79 Å². The van der Waals surface area contributed by atoms with Gasteiger partial charge in [0.1, 0.15) is 17.8 Å². The highest BCUT2D eigenvalue weighted by Gasteiger charge is 2.34. The van der Waals surface area contributed by atoms with Gasteiger partial charge in [0.05, 0.1) is 29.6 Å². The van der Waals surface area contributed by atoms with E-state index in [9.17, 15) is 4.79 Å². The number of nitrogens with zero attached hydrogens (tertiary/aromatic N) is 5. The Labute approximate surface area is 222 Å². The number of para-hydroxylation sites is 1. The number of hydrogen-bond donors (Lipinski definition) is 0. The molecule has 0 radical (unpaired) electrons. The zero-order valence-electron chi connectivity index (χ0n) is 21.5. The number of rotatable bonds is 9. The minimum Gasteiger partial charge on any atom is -0.457 e. The molecule has 1 amide bonds. The van der Waals surface area contributed by atoms with E-state index in [4.69, 9.17) is 14.5 Å². The minimum absolute atomic E-state index is 0.0287. The zero-order chi connectivity index (χ0) is 26.3. The number of likely N-dealkylation sites (tertiary alicyclic amines) is 1. The molecule has 2 aromatic carbocycles. The third-order valence-electron chi connectivity index (χ3n) is 6.86. The summed E-state index contributed by atoms with van der Waals surface area (Å²) < 4.78 is 11.0. The second-order valence-corrected chi connectivity index (χ2v) is 9.43. The van der Waals surface area contributed by atoms with Crippen LogP contribution in [0.5, 0.6) is 11.5 Å². The van der Waals surface area contributed by atoms with Crippen LogP contribution in [0.15, 0.2) is 83.1 Å². The number of fused-ring (bicyclic) bond motifs is 1. The minimum atomic E-state index is -0.132. The van der Waals surface area contributed by atoms with Crippen molar-refractivity contribution in [1.29, 1.82) is 0 Å². The van der Waals surface area contributed by atoms with Crippen LogP contribution in [0.4, 0.5) is 5.82 Å². The van der Waals surface area contributed by atoms with Crippen molar-refractivity contribution in [2.45, 2.75) is 25.3 Å². The Bertz CT molecular complexity index is 1340. The highest BCUT2D eigenvalue weighted by molar-refractivity contribution is 6.17. The summed E-state index contributed by atoms with van der Waals surface area (Å²) in [6, 6.07) is 17.4. The van der Waals surface area contributed by atoms with E-state index in [-0.39, 0.29) is 11.9 Å². The number of carbonyl (C=O) groups excluding carboxylic acids is 1. The number of methoxy groups -OCH3 is 1. The molecule has 3 heterocycles. The van der Waals surface area contributed by atoms with Crippen molar-refractivity contribution in [2.75, 3.05) is 26.8 Å². The maximum atomic E-state index is 12.6. The summed E-state index contributed by atoms with van der Waals surface area (Å²) in [6.45, 7) is 5.63. The molecular weight excluding hydrogens is 478 g/mol. The van der Waals surface area contributed by atoms with E-state index in [2.05, 4.69) is 21.7 Å². The molecule has 1 aromatic heterocycles. The predicted molar refractivity (Wildman–Crippen MR) is 148 cm³/mol. The molecule has 194 valence electrons. The molecule has 2 aliphatic heterocycles. The van der Waals surface area contributed by atoms with Gasteiger partial charge in [-0.05, 0) is 68.3 Å². The number of aromatic nitrogens is 2. The first-order chi connectivity index (χ1) is 18.7. The first-order valence-corrected chi connectivity index (χ1v) is 12.8. The Hall–Kier alpha value is -4.17. The van der Waals surface area contributed by atoms with Crippen molar-refractivity contribution in [3.05, 3.63) is 89.9 Å². The monoisotopic (exact) mass is 509 g/mol. The van der Waals surface area contributed by atoms with Gasteiger partial charge < -0.3 is 14.4 Å². The van der Waals surface area contributed by atoms with Gasteiger partial charge in [0.25, 0.3) is 0 Å². The van der Waals surface area contributed by atoms with Gasteiger partial charge in [0, 0.05) is 31.8 Å². The molecule has 5 rings (SSSR count). The first kappa shape index (κ1) is 25.5. The summed E-state index contributed by atoms with van der Waals surface area (Å²) in [5.74, 6) is 2.41. The van der Waals surface area contributed by atoms with Crippen molar-refractivity contribution < 1.29 is 14.3 Å². The summed E-state index contributed by atoms with van der Waals surface area (Å²) in [7, 11) is 1.61. The second kappa shape index (κ2) is 11.9. The van der Waals surface area contributed by atoms with Crippen molar-refractivity contribution in [1.82, 2.24) is 14.9 Å². The van der Waals surface area contributed by atoms with Crippen molar-refractivity contribution >= 4 is 24.2 Å². The van der Waals surface area contributed by atoms with Crippen LogP contribution in [0.1, 0.15) is 42.1 Å². The molecule has 2 unspecified atom stereocenters. The summed E-state index contributed by atoms with van der Waals surface area (Å²) in [4.78, 5) is 32.8. The van der Waals surface area contributed by atoms with E-state index in [1.165, 1.54) is 6.33 Å². The molecule has 0 saturated carbocycles.